The van der Waals surface area contributed by atoms with Crippen molar-refractivity contribution in [2.75, 3.05) is 13.1 Å². The molecule has 0 saturated heterocycles. The molecule has 0 bridgehead atoms. The molecule has 0 radical (unpaired) electrons. The first-order valence-corrected chi connectivity index (χ1v) is 13.0. The highest BCUT2D eigenvalue weighted by molar-refractivity contribution is 9.10. The first-order valence-electron chi connectivity index (χ1n) is 11.9. The van der Waals surface area contributed by atoms with E-state index >= 15 is 0 Å². The van der Waals surface area contributed by atoms with E-state index in [1.165, 1.54) is 16.7 Å². The number of nitrogens with zero attached hydrogens (tertiary/aromatic N) is 3. The van der Waals surface area contributed by atoms with Gasteiger partial charge in [-0.15, -0.1) is 0 Å². The summed E-state index contributed by atoms with van der Waals surface area (Å²) >= 11 is 9.94. The number of pyridine rings is 2. The van der Waals surface area contributed by atoms with Crippen LogP contribution in [0.3, 0.4) is 0 Å². The average molecular weight is 542 g/mol. The standard InChI is InChI=1S/C27H30BrClN4O/c1-2-33(13-4-3-7-25(34)31-17-19-6-5-12-30-16-19)27-24-11-10-23(29)15-20(24)8-9-21-14-22(28)18-32-26(21)27/h5-6,10-12,14-16,18,27H,2-4,7-9,13,17H2,1H3,(H,31,34). The number of rotatable bonds is 9. The zero-order valence-corrected chi connectivity index (χ0v) is 21.8. The Labute approximate surface area is 215 Å². The maximum Gasteiger partial charge on any atom is 0.220 e. The number of benzene rings is 1. The number of aromatic nitrogens is 2. The third kappa shape index (κ3) is 6.23. The lowest BCUT2D eigenvalue weighted by atomic mass is 9.96. The van der Waals surface area contributed by atoms with E-state index < -0.39 is 0 Å². The molecule has 178 valence electrons. The fourth-order valence-electron chi connectivity index (χ4n) is 4.64. The number of halogens is 2. The summed E-state index contributed by atoms with van der Waals surface area (Å²) in [5, 5.41) is 3.77. The molecule has 1 unspecified atom stereocenters. The van der Waals surface area contributed by atoms with E-state index in [0.717, 1.165) is 59.5 Å². The highest BCUT2D eigenvalue weighted by atomic mass is 79.9. The van der Waals surface area contributed by atoms with Crippen molar-refractivity contribution in [1.82, 2.24) is 20.2 Å². The molecule has 3 aromatic rings. The van der Waals surface area contributed by atoms with Crippen molar-refractivity contribution in [3.8, 4) is 0 Å². The van der Waals surface area contributed by atoms with Crippen LogP contribution < -0.4 is 5.32 Å². The van der Waals surface area contributed by atoms with Crippen molar-refractivity contribution < 1.29 is 4.79 Å². The minimum atomic E-state index is 0.0817. The molecule has 0 spiro atoms. The smallest absolute Gasteiger partial charge is 0.220 e. The molecule has 34 heavy (non-hydrogen) atoms. The quantitative estimate of drug-likeness (QED) is 0.343. The number of unbranched alkanes of at least 4 members (excludes halogenated alkanes) is 1. The Morgan fingerprint density at radius 1 is 1.18 bits per heavy atom. The molecule has 1 N–H and O–H groups in total. The van der Waals surface area contributed by atoms with Crippen LogP contribution in [0.5, 0.6) is 0 Å². The lowest BCUT2D eigenvalue weighted by molar-refractivity contribution is -0.121. The molecule has 2 aromatic heterocycles. The van der Waals surface area contributed by atoms with Crippen LogP contribution in [0.4, 0.5) is 0 Å². The second kappa shape index (κ2) is 11.9. The number of hydrogen-bond donors (Lipinski definition) is 1. The second-order valence-corrected chi connectivity index (χ2v) is 10.0. The lowest BCUT2D eigenvalue weighted by Gasteiger charge is -2.32. The van der Waals surface area contributed by atoms with Gasteiger partial charge in [0, 0.05) is 41.1 Å². The Balaban J connectivity index is 1.42. The van der Waals surface area contributed by atoms with Crippen molar-refractivity contribution in [3.63, 3.8) is 0 Å². The number of carbonyl (C=O) groups excluding carboxylic acids is 1. The minimum Gasteiger partial charge on any atom is -0.352 e. The summed E-state index contributed by atoms with van der Waals surface area (Å²) in [6.07, 6.45) is 9.62. The van der Waals surface area contributed by atoms with Gasteiger partial charge in [0.25, 0.3) is 0 Å². The van der Waals surface area contributed by atoms with Gasteiger partial charge in [-0.2, -0.15) is 0 Å². The topological polar surface area (TPSA) is 58.1 Å². The van der Waals surface area contributed by atoms with E-state index in [2.05, 4.69) is 56.3 Å². The Morgan fingerprint density at radius 3 is 2.82 bits per heavy atom. The Kier molecular flexibility index (Phi) is 8.70. The third-order valence-corrected chi connectivity index (χ3v) is 7.04. The molecule has 0 saturated carbocycles. The van der Waals surface area contributed by atoms with Gasteiger partial charge in [0.1, 0.15) is 0 Å². The van der Waals surface area contributed by atoms with Gasteiger partial charge in [-0.05, 0) is 101 Å². The van der Waals surface area contributed by atoms with E-state index in [1.54, 1.807) is 12.4 Å². The Bertz CT molecular complexity index is 1070. The van der Waals surface area contributed by atoms with Crippen LogP contribution in [0.2, 0.25) is 5.02 Å². The first kappa shape index (κ1) is 24.8. The van der Waals surface area contributed by atoms with E-state index in [4.69, 9.17) is 16.6 Å². The number of carbonyl (C=O) groups is 1. The van der Waals surface area contributed by atoms with Crippen LogP contribution in [0.1, 0.15) is 60.2 Å². The van der Waals surface area contributed by atoms with Crippen LogP contribution in [0.15, 0.2) is 59.5 Å². The summed E-state index contributed by atoms with van der Waals surface area (Å²) in [6.45, 7) is 4.51. The summed E-state index contributed by atoms with van der Waals surface area (Å²) in [7, 11) is 0. The van der Waals surface area contributed by atoms with Crippen LogP contribution in [-0.4, -0.2) is 33.9 Å². The fourth-order valence-corrected chi connectivity index (χ4v) is 5.22. The first-order chi connectivity index (χ1) is 16.5. The monoisotopic (exact) mass is 540 g/mol. The van der Waals surface area contributed by atoms with Crippen molar-refractivity contribution in [3.05, 3.63) is 92.4 Å². The second-order valence-electron chi connectivity index (χ2n) is 8.67. The number of nitrogens with one attached hydrogen (secondary N) is 1. The van der Waals surface area contributed by atoms with Gasteiger partial charge in [-0.3, -0.25) is 19.7 Å². The Hall–Kier alpha value is -2.28. The lowest BCUT2D eigenvalue weighted by Crippen LogP contribution is -2.32. The highest BCUT2D eigenvalue weighted by Gasteiger charge is 2.29. The Morgan fingerprint density at radius 2 is 2.03 bits per heavy atom. The molecule has 4 rings (SSSR count). The molecule has 2 heterocycles. The molecule has 1 atom stereocenters. The number of amides is 1. The summed E-state index contributed by atoms with van der Waals surface area (Å²) in [5.41, 5.74) is 5.99. The van der Waals surface area contributed by atoms with E-state index in [0.29, 0.717) is 13.0 Å². The summed E-state index contributed by atoms with van der Waals surface area (Å²) < 4.78 is 1.01. The van der Waals surface area contributed by atoms with Crippen molar-refractivity contribution in [2.45, 2.75) is 51.6 Å². The molecule has 1 aromatic carbocycles. The van der Waals surface area contributed by atoms with E-state index in [1.807, 2.05) is 24.4 Å². The number of fused-ring (bicyclic) bond motifs is 2. The molecule has 1 amide bonds. The molecule has 5 nitrogen and oxygen atoms in total. The van der Waals surface area contributed by atoms with Gasteiger partial charge in [0.2, 0.25) is 5.91 Å². The van der Waals surface area contributed by atoms with Crippen molar-refractivity contribution in [2.24, 2.45) is 0 Å². The maximum absolute atomic E-state index is 12.3. The maximum atomic E-state index is 12.3. The predicted molar refractivity (Wildman–Crippen MR) is 140 cm³/mol. The van der Waals surface area contributed by atoms with Crippen molar-refractivity contribution in [1.29, 1.82) is 0 Å². The average Bonchev–Trinajstić information content (AvgIpc) is 3.00. The summed E-state index contributed by atoms with van der Waals surface area (Å²) in [6, 6.07) is 12.4. The van der Waals surface area contributed by atoms with Gasteiger partial charge in [-0.25, -0.2) is 0 Å². The molecule has 1 aliphatic rings. The zero-order valence-electron chi connectivity index (χ0n) is 19.4. The van der Waals surface area contributed by atoms with Gasteiger partial charge >= 0.3 is 0 Å². The molecule has 0 aliphatic heterocycles. The van der Waals surface area contributed by atoms with Gasteiger partial charge < -0.3 is 5.32 Å². The van der Waals surface area contributed by atoms with Crippen LogP contribution in [-0.2, 0) is 24.2 Å². The minimum absolute atomic E-state index is 0.0817. The van der Waals surface area contributed by atoms with Gasteiger partial charge in [0.05, 0.1) is 11.7 Å². The SMILES string of the molecule is CCN(CCCCC(=O)NCc1cccnc1)C1c2ccc(Cl)cc2CCc2cc(Br)cnc21. The normalized spacial score (nSPS) is 14.9. The van der Waals surface area contributed by atoms with Crippen LogP contribution in [0, 0.1) is 0 Å². The molecule has 7 heteroatoms. The van der Waals surface area contributed by atoms with E-state index in [9.17, 15) is 4.79 Å². The highest BCUT2D eigenvalue weighted by Crippen LogP contribution is 2.37. The molecular formula is C27H30BrClN4O. The fraction of sp³-hybridized carbons (Fsp3) is 0.370. The number of hydrogen-bond acceptors (Lipinski definition) is 4. The summed E-state index contributed by atoms with van der Waals surface area (Å²) in [4.78, 5) is 23.7. The molecule has 1 aliphatic carbocycles. The largest absolute Gasteiger partial charge is 0.352 e. The van der Waals surface area contributed by atoms with E-state index in [-0.39, 0.29) is 11.9 Å². The number of aryl methyl sites for hydroxylation is 2. The molecule has 0 fully saturated rings. The molecular weight excluding hydrogens is 512 g/mol. The van der Waals surface area contributed by atoms with Gasteiger partial charge in [0.15, 0.2) is 0 Å². The summed E-state index contributed by atoms with van der Waals surface area (Å²) in [5.74, 6) is 0.0817. The zero-order chi connectivity index (χ0) is 23.9. The van der Waals surface area contributed by atoms with Crippen LogP contribution in [0.25, 0.3) is 0 Å². The van der Waals surface area contributed by atoms with Gasteiger partial charge in [-0.1, -0.05) is 30.7 Å². The van der Waals surface area contributed by atoms with Crippen LogP contribution >= 0.6 is 27.5 Å². The van der Waals surface area contributed by atoms with Crippen molar-refractivity contribution >= 4 is 33.4 Å². The third-order valence-electron chi connectivity index (χ3n) is 6.37. The predicted octanol–water partition coefficient (Wildman–Crippen LogP) is 5.89.